The molecule has 6 heteroatoms. The molecule has 20 heavy (non-hydrogen) atoms. The van der Waals surface area contributed by atoms with Crippen LogP contribution in [0.15, 0.2) is 41.0 Å². The molecule has 2 aromatic rings. The molecule has 2 heterocycles. The molecule has 1 aromatic carbocycles. The van der Waals surface area contributed by atoms with Crippen molar-refractivity contribution in [3.05, 3.63) is 57.3 Å². The van der Waals surface area contributed by atoms with Crippen LogP contribution in [0.4, 0.5) is 5.69 Å². The maximum Gasteiger partial charge on any atom is 0.299 e. The smallest absolute Gasteiger partial charge is 0.299 e. The summed E-state index contributed by atoms with van der Waals surface area (Å²) in [6.07, 6.45) is 1.57. The first-order valence-electron chi connectivity index (χ1n) is 5.83. The summed E-state index contributed by atoms with van der Waals surface area (Å²) in [7, 11) is 0. The van der Waals surface area contributed by atoms with Crippen molar-refractivity contribution >= 4 is 44.9 Å². The van der Waals surface area contributed by atoms with Gasteiger partial charge in [0.2, 0.25) is 0 Å². The number of carbonyl (C=O) groups is 2. The first-order chi connectivity index (χ1) is 9.58. The second-order valence-corrected chi connectivity index (χ2v) is 5.61. The molecule has 0 saturated carbocycles. The van der Waals surface area contributed by atoms with E-state index in [9.17, 15) is 9.59 Å². The molecule has 0 saturated heterocycles. The molecule has 4 nitrogen and oxygen atoms in total. The minimum atomic E-state index is -0.548. The van der Waals surface area contributed by atoms with Crippen LogP contribution in [0.2, 0.25) is 5.02 Å². The van der Waals surface area contributed by atoms with Crippen molar-refractivity contribution in [1.82, 2.24) is 4.98 Å². The van der Waals surface area contributed by atoms with Crippen LogP contribution in [0.25, 0.3) is 0 Å². The van der Waals surface area contributed by atoms with E-state index in [1.807, 2.05) is 0 Å². The Bertz CT molecular complexity index is 733. The first kappa shape index (κ1) is 13.3. The van der Waals surface area contributed by atoms with Gasteiger partial charge in [0.15, 0.2) is 0 Å². The van der Waals surface area contributed by atoms with Gasteiger partial charge in [-0.25, -0.2) is 0 Å². The molecule has 0 radical (unpaired) electrons. The lowest BCUT2D eigenvalue weighted by molar-refractivity contribution is -0.114. The molecule has 1 aromatic heterocycles. The Balaban J connectivity index is 2.02. The summed E-state index contributed by atoms with van der Waals surface area (Å²) < 4.78 is 0.620. The SMILES string of the molecule is O=C1C(=O)N(Cc2cc(Cl)ccn2)c2cccc(Br)c21. The summed E-state index contributed by atoms with van der Waals surface area (Å²) in [5.74, 6) is -1.05. The summed E-state index contributed by atoms with van der Waals surface area (Å²) in [5.41, 5.74) is 1.63. The predicted octanol–water partition coefficient (Wildman–Crippen LogP) is 3.23. The number of amides is 1. The van der Waals surface area contributed by atoms with E-state index < -0.39 is 11.7 Å². The number of hydrogen-bond donors (Lipinski definition) is 0. The molecular formula is C14H8BrClN2O2. The first-order valence-corrected chi connectivity index (χ1v) is 7.00. The monoisotopic (exact) mass is 350 g/mol. The molecule has 1 aliphatic rings. The van der Waals surface area contributed by atoms with Crippen molar-refractivity contribution in [2.45, 2.75) is 6.54 Å². The number of rotatable bonds is 2. The molecule has 1 amide bonds. The normalized spacial score (nSPS) is 13.8. The van der Waals surface area contributed by atoms with Gasteiger partial charge in [0.05, 0.1) is 23.5 Å². The van der Waals surface area contributed by atoms with Gasteiger partial charge >= 0.3 is 0 Å². The van der Waals surface area contributed by atoms with E-state index >= 15 is 0 Å². The van der Waals surface area contributed by atoms with E-state index in [0.29, 0.717) is 26.4 Å². The number of nitrogens with zero attached hydrogens (tertiary/aromatic N) is 2. The van der Waals surface area contributed by atoms with Gasteiger partial charge in [0, 0.05) is 15.7 Å². The highest BCUT2D eigenvalue weighted by atomic mass is 79.9. The third-order valence-electron chi connectivity index (χ3n) is 3.05. The minimum absolute atomic E-state index is 0.217. The Morgan fingerprint density at radius 3 is 2.80 bits per heavy atom. The maximum atomic E-state index is 12.1. The molecule has 0 spiro atoms. The number of pyridine rings is 1. The quantitative estimate of drug-likeness (QED) is 0.781. The van der Waals surface area contributed by atoms with Crippen LogP contribution in [0, 0.1) is 0 Å². The number of fused-ring (bicyclic) bond motifs is 1. The number of ketones is 1. The zero-order valence-corrected chi connectivity index (χ0v) is 12.5. The molecule has 0 bridgehead atoms. The van der Waals surface area contributed by atoms with Gasteiger partial charge in [-0.3, -0.25) is 19.5 Å². The van der Waals surface area contributed by atoms with E-state index in [0.717, 1.165) is 0 Å². The van der Waals surface area contributed by atoms with Crippen LogP contribution in [-0.2, 0) is 11.3 Å². The third-order valence-corrected chi connectivity index (χ3v) is 3.94. The summed E-state index contributed by atoms with van der Waals surface area (Å²) in [5, 5.41) is 0.544. The van der Waals surface area contributed by atoms with Gasteiger partial charge in [-0.1, -0.05) is 17.7 Å². The van der Waals surface area contributed by atoms with Gasteiger partial charge in [-0.15, -0.1) is 0 Å². The molecule has 1 aliphatic heterocycles. The van der Waals surface area contributed by atoms with E-state index in [2.05, 4.69) is 20.9 Å². The number of benzene rings is 1. The van der Waals surface area contributed by atoms with Crippen molar-refractivity contribution in [2.24, 2.45) is 0 Å². The fourth-order valence-corrected chi connectivity index (χ4v) is 2.87. The Kier molecular flexibility index (Phi) is 3.31. The van der Waals surface area contributed by atoms with E-state index in [1.54, 1.807) is 36.5 Å². The molecule has 3 rings (SSSR count). The zero-order chi connectivity index (χ0) is 14.3. The second kappa shape index (κ2) is 5.00. The van der Waals surface area contributed by atoms with E-state index in [4.69, 9.17) is 11.6 Å². The lowest BCUT2D eigenvalue weighted by atomic mass is 10.1. The van der Waals surface area contributed by atoms with Crippen LogP contribution in [-0.4, -0.2) is 16.7 Å². The predicted molar refractivity (Wildman–Crippen MR) is 78.9 cm³/mol. The molecule has 0 N–H and O–H groups in total. The number of carbonyl (C=O) groups excluding carboxylic acids is 2. The van der Waals surface area contributed by atoms with Gasteiger partial charge < -0.3 is 0 Å². The van der Waals surface area contributed by atoms with Crippen molar-refractivity contribution in [3.8, 4) is 0 Å². The number of halogens is 2. The molecule has 0 fully saturated rings. The summed E-state index contributed by atoms with van der Waals surface area (Å²) >= 11 is 9.21. The third kappa shape index (κ3) is 2.13. The average Bonchev–Trinajstić information content (AvgIpc) is 2.65. The number of hydrogen-bond acceptors (Lipinski definition) is 3. The summed E-state index contributed by atoms with van der Waals surface area (Å²) in [6, 6.07) is 8.60. The fourth-order valence-electron chi connectivity index (χ4n) is 2.16. The molecule has 0 unspecified atom stereocenters. The van der Waals surface area contributed by atoms with E-state index in [1.165, 1.54) is 4.90 Å². The van der Waals surface area contributed by atoms with Crippen molar-refractivity contribution in [2.75, 3.05) is 4.90 Å². The van der Waals surface area contributed by atoms with E-state index in [-0.39, 0.29) is 6.54 Å². The van der Waals surface area contributed by atoms with Crippen LogP contribution >= 0.6 is 27.5 Å². The second-order valence-electron chi connectivity index (χ2n) is 4.32. The Labute approximate surface area is 128 Å². The highest BCUT2D eigenvalue weighted by Gasteiger charge is 2.37. The molecule has 100 valence electrons. The zero-order valence-electron chi connectivity index (χ0n) is 10.1. The van der Waals surface area contributed by atoms with Crippen LogP contribution in [0.3, 0.4) is 0 Å². The lowest BCUT2D eigenvalue weighted by Crippen LogP contribution is -2.29. The summed E-state index contributed by atoms with van der Waals surface area (Å²) in [4.78, 5) is 29.7. The van der Waals surface area contributed by atoms with Gasteiger partial charge in [-0.2, -0.15) is 0 Å². The van der Waals surface area contributed by atoms with Gasteiger partial charge in [0.1, 0.15) is 0 Å². The van der Waals surface area contributed by atoms with Crippen molar-refractivity contribution < 1.29 is 9.59 Å². The standard InChI is InChI=1S/C14H8BrClN2O2/c15-10-2-1-3-11-12(10)13(19)14(20)18(11)7-9-6-8(16)4-5-17-9/h1-6H,7H2. The molecule has 0 aliphatic carbocycles. The van der Waals surface area contributed by atoms with Gasteiger partial charge in [-0.05, 0) is 40.2 Å². The largest absolute Gasteiger partial charge is 0.299 e. The minimum Gasteiger partial charge on any atom is -0.299 e. The van der Waals surface area contributed by atoms with Gasteiger partial charge in [0.25, 0.3) is 11.7 Å². The molecule has 0 atom stereocenters. The maximum absolute atomic E-state index is 12.1. The van der Waals surface area contributed by atoms with Crippen molar-refractivity contribution in [1.29, 1.82) is 0 Å². The average molecular weight is 352 g/mol. The lowest BCUT2D eigenvalue weighted by Gasteiger charge is -2.16. The number of Topliss-reactive ketones (excluding diaryl/α,β-unsaturated/α-hetero) is 1. The number of aromatic nitrogens is 1. The fraction of sp³-hybridized carbons (Fsp3) is 0.0714. The highest BCUT2D eigenvalue weighted by molar-refractivity contribution is 9.10. The van der Waals surface area contributed by atoms with Crippen molar-refractivity contribution in [3.63, 3.8) is 0 Å². The van der Waals surface area contributed by atoms with Crippen LogP contribution < -0.4 is 4.90 Å². The summed E-state index contributed by atoms with van der Waals surface area (Å²) in [6.45, 7) is 0.217. The van der Waals surface area contributed by atoms with Crippen LogP contribution in [0.5, 0.6) is 0 Å². The Hall–Kier alpha value is -1.72. The Morgan fingerprint density at radius 1 is 1.25 bits per heavy atom. The molecular weight excluding hydrogens is 344 g/mol. The van der Waals surface area contributed by atoms with Crippen LogP contribution in [0.1, 0.15) is 16.1 Å². The number of anilines is 1. The Morgan fingerprint density at radius 2 is 2.05 bits per heavy atom. The highest BCUT2D eigenvalue weighted by Crippen LogP contribution is 2.35. The topological polar surface area (TPSA) is 50.3 Å².